The molecular weight excluding hydrogens is 308 g/mol. The lowest BCUT2D eigenvalue weighted by molar-refractivity contribution is -0.140. The number of nitrogens with zero attached hydrogens (tertiary/aromatic N) is 1. The predicted octanol–water partition coefficient (Wildman–Crippen LogP) is 3.46. The van der Waals surface area contributed by atoms with Crippen LogP contribution in [-0.4, -0.2) is 23.4 Å². The summed E-state index contributed by atoms with van der Waals surface area (Å²) >= 11 is 0. The highest BCUT2D eigenvalue weighted by atomic mass is 35.5. The van der Waals surface area contributed by atoms with Gasteiger partial charge in [-0.2, -0.15) is 0 Å². The second-order valence-electron chi connectivity index (χ2n) is 7.26. The molecule has 3 atom stereocenters. The smallest absolute Gasteiger partial charge is 0.226 e. The Hall–Kier alpha value is -1.06. The Morgan fingerprint density at radius 2 is 1.91 bits per heavy atom. The van der Waals surface area contributed by atoms with E-state index in [4.69, 9.17) is 5.73 Å². The van der Waals surface area contributed by atoms with E-state index < -0.39 is 0 Å². The first-order valence-electron chi connectivity index (χ1n) is 8.89. The van der Waals surface area contributed by atoms with Gasteiger partial charge in [-0.15, -0.1) is 12.4 Å². The standard InChI is InChI=1S/C19H26N2O.ClH/c20-12-14-5-3-7-17(14)19(22)21(15-9-10-15)18-11-8-13-4-1-2-6-16(13)18;/h1-2,4,6,14-15,17-18H,3,5,7-12,20H2;1H/t14-,17-,18?;/m1./s1. The van der Waals surface area contributed by atoms with Crippen LogP contribution in [0.25, 0.3) is 0 Å². The third-order valence-corrected chi connectivity index (χ3v) is 5.91. The number of nitrogens with two attached hydrogens (primary N) is 1. The molecule has 4 heteroatoms. The summed E-state index contributed by atoms with van der Waals surface area (Å²) in [5.74, 6) is 0.987. The Morgan fingerprint density at radius 1 is 1.13 bits per heavy atom. The van der Waals surface area contributed by atoms with Crippen LogP contribution >= 0.6 is 12.4 Å². The van der Waals surface area contributed by atoms with E-state index in [2.05, 4.69) is 29.2 Å². The Morgan fingerprint density at radius 3 is 2.65 bits per heavy atom. The molecule has 126 valence electrons. The third-order valence-electron chi connectivity index (χ3n) is 5.91. The van der Waals surface area contributed by atoms with E-state index in [9.17, 15) is 4.79 Å². The minimum absolute atomic E-state index is 0. The number of aryl methyl sites for hydroxylation is 1. The van der Waals surface area contributed by atoms with Crippen LogP contribution in [0.2, 0.25) is 0 Å². The zero-order chi connectivity index (χ0) is 15.1. The minimum Gasteiger partial charge on any atom is -0.332 e. The summed E-state index contributed by atoms with van der Waals surface area (Å²) in [6.07, 6.45) is 7.92. The van der Waals surface area contributed by atoms with Crippen LogP contribution in [0.3, 0.4) is 0 Å². The fourth-order valence-corrected chi connectivity index (χ4v) is 4.60. The number of benzene rings is 1. The minimum atomic E-state index is 0. The molecule has 1 unspecified atom stereocenters. The van der Waals surface area contributed by atoms with Gasteiger partial charge in [-0.05, 0) is 62.1 Å². The average Bonchev–Trinajstić information content (AvgIpc) is 3.11. The molecule has 1 amide bonds. The predicted molar refractivity (Wildman–Crippen MR) is 94.5 cm³/mol. The molecule has 3 aliphatic rings. The fraction of sp³-hybridized carbons (Fsp3) is 0.632. The summed E-state index contributed by atoms with van der Waals surface area (Å²) in [6.45, 7) is 0.663. The zero-order valence-electron chi connectivity index (χ0n) is 13.6. The van der Waals surface area contributed by atoms with Crippen LogP contribution in [0.5, 0.6) is 0 Å². The van der Waals surface area contributed by atoms with Gasteiger partial charge >= 0.3 is 0 Å². The van der Waals surface area contributed by atoms with Crippen molar-refractivity contribution in [1.82, 2.24) is 4.90 Å². The molecule has 2 N–H and O–H groups in total. The maximum atomic E-state index is 13.3. The van der Waals surface area contributed by atoms with Crippen molar-refractivity contribution in [2.75, 3.05) is 6.54 Å². The quantitative estimate of drug-likeness (QED) is 0.916. The summed E-state index contributed by atoms with van der Waals surface area (Å²) in [5, 5.41) is 0. The number of halogens is 1. The van der Waals surface area contributed by atoms with Gasteiger partial charge < -0.3 is 10.6 Å². The topological polar surface area (TPSA) is 46.3 Å². The molecule has 0 aliphatic heterocycles. The molecule has 0 aromatic heterocycles. The summed E-state index contributed by atoms with van der Waals surface area (Å²) in [7, 11) is 0. The molecule has 0 heterocycles. The molecule has 2 fully saturated rings. The van der Waals surface area contributed by atoms with Crippen LogP contribution in [0.4, 0.5) is 0 Å². The van der Waals surface area contributed by atoms with E-state index in [1.54, 1.807) is 0 Å². The largest absolute Gasteiger partial charge is 0.332 e. The second-order valence-corrected chi connectivity index (χ2v) is 7.26. The fourth-order valence-electron chi connectivity index (χ4n) is 4.60. The van der Waals surface area contributed by atoms with Crippen molar-refractivity contribution in [1.29, 1.82) is 0 Å². The SMILES string of the molecule is Cl.NC[C@H]1CCC[C@H]1C(=O)N(C1CC1)C1CCc2ccccc21. The number of fused-ring (bicyclic) bond motifs is 1. The number of rotatable bonds is 4. The molecule has 0 saturated heterocycles. The van der Waals surface area contributed by atoms with Gasteiger partial charge in [0, 0.05) is 12.0 Å². The van der Waals surface area contributed by atoms with Gasteiger partial charge in [0.2, 0.25) is 5.91 Å². The van der Waals surface area contributed by atoms with Gasteiger partial charge in [-0.1, -0.05) is 30.7 Å². The maximum absolute atomic E-state index is 13.3. The van der Waals surface area contributed by atoms with Crippen molar-refractivity contribution in [2.45, 2.75) is 57.0 Å². The highest BCUT2D eigenvalue weighted by Gasteiger charge is 2.44. The lowest BCUT2D eigenvalue weighted by atomic mass is 9.93. The lowest BCUT2D eigenvalue weighted by Gasteiger charge is -2.33. The van der Waals surface area contributed by atoms with Crippen molar-refractivity contribution in [3.8, 4) is 0 Å². The van der Waals surface area contributed by atoms with E-state index in [1.807, 2.05) is 0 Å². The van der Waals surface area contributed by atoms with Crippen molar-refractivity contribution in [2.24, 2.45) is 17.6 Å². The molecular formula is C19H27ClN2O. The molecule has 0 spiro atoms. The highest BCUT2D eigenvalue weighted by molar-refractivity contribution is 5.85. The van der Waals surface area contributed by atoms with E-state index >= 15 is 0 Å². The molecule has 2 saturated carbocycles. The van der Waals surface area contributed by atoms with Crippen LogP contribution in [-0.2, 0) is 11.2 Å². The average molecular weight is 335 g/mol. The monoisotopic (exact) mass is 334 g/mol. The summed E-state index contributed by atoms with van der Waals surface area (Å²) in [6, 6.07) is 9.49. The number of carbonyl (C=O) groups excluding carboxylic acids is 1. The van der Waals surface area contributed by atoms with Gasteiger partial charge in [0.15, 0.2) is 0 Å². The molecule has 1 aromatic carbocycles. The highest BCUT2D eigenvalue weighted by Crippen LogP contribution is 2.44. The van der Waals surface area contributed by atoms with Crippen LogP contribution in [0.15, 0.2) is 24.3 Å². The molecule has 23 heavy (non-hydrogen) atoms. The summed E-state index contributed by atoms with van der Waals surface area (Å²) in [5.41, 5.74) is 8.74. The molecule has 1 aromatic rings. The Bertz CT molecular complexity index is 572. The number of carbonyl (C=O) groups is 1. The van der Waals surface area contributed by atoms with E-state index in [-0.39, 0.29) is 18.3 Å². The van der Waals surface area contributed by atoms with Crippen molar-refractivity contribution in [3.63, 3.8) is 0 Å². The Labute approximate surface area is 145 Å². The zero-order valence-corrected chi connectivity index (χ0v) is 14.4. The molecule has 0 radical (unpaired) electrons. The Kier molecular flexibility index (Phi) is 4.98. The number of hydrogen-bond acceptors (Lipinski definition) is 2. The van der Waals surface area contributed by atoms with Gasteiger partial charge in [0.05, 0.1) is 6.04 Å². The summed E-state index contributed by atoms with van der Waals surface area (Å²) in [4.78, 5) is 15.5. The Balaban J connectivity index is 0.00000156. The van der Waals surface area contributed by atoms with Gasteiger partial charge in [0.25, 0.3) is 0 Å². The number of amides is 1. The first kappa shape index (κ1) is 16.8. The first-order chi connectivity index (χ1) is 10.8. The summed E-state index contributed by atoms with van der Waals surface area (Å²) < 4.78 is 0. The molecule has 3 aliphatic carbocycles. The molecule has 4 rings (SSSR count). The third kappa shape index (κ3) is 3.01. The normalized spacial score (nSPS) is 29.0. The van der Waals surface area contributed by atoms with Crippen LogP contribution < -0.4 is 5.73 Å². The van der Waals surface area contributed by atoms with E-state index in [0.29, 0.717) is 30.5 Å². The van der Waals surface area contributed by atoms with Gasteiger partial charge in [-0.25, -0.2) is 0 Å². The number of hydrogen-bond donors (Lipinski definition) is 1. The molecule has 0 bridgehead atoms. The maximum Gasteiger partial charge on any atom is 0.226 e. The van der Waals surface area contributed by atoms with Crippen molar-refractivity contribution >= 4 is 18.3 Å². The van der Waals surface area contributed by atoms with Crippen molar-refractivity contribution < 1.29 is 4.79 Å². The lowest BCUT2D eigenvalue weighted by Crippen LogP contribution is -2.42. The van der Waals surface area contributed by atoms with Crippen LogP contribution in [0.1, 0.15) is 55.7 Å². The van der Waals surface area contributed by atoms with Crippen molar-refractivity contribution in [3.05, 3.63) is 35.4 Å². The van der Waals surface area contributed by atoms with E-state index in [0.717, 1.165) is 32.1 Å². The molecule has 3 nitrogen and oxygen atoms in total. The van der Waals surface area contributed by atoms with Gasteiger partial charge in [0.1, 0.15) is 0 Å². The van der Waals surface area contributed by atoms with Crippen LogP contribution in [0, 0.1) is 11.8 Å². The second kappa shape index (κ2) is 6.82. The first-order valence-corrected chi connectivity index (χ1v) is 8.89. The van der Waals surface area contributed by atoms with E-state index in [1.165, 1.54) is 24.0 Å². The van der Waals surface area contributed by atoms with Gasteiger partial charge in [-0.3, -0.25) is 4.79 Å².